The average Bonchev–Trinajstić information content (AvgIpc) is 2.56. The van der Waals surface area contributed by atoms with Crippen LogP contribution in [0, 0.1) is 0 Å². The number of oxazole rings is 1. The van der Waals surface area contributed by atoms with Crippen molar-refractivity contribution in [1.29, 1.82) is 0 Å². The molecule has 1 aliphatic rings. The summed E-state index contributed by atoms with van der Waals surface area (Å²) >= 11 is 0. The van der Waals surface area contributed by atoms with Crippen LogP contribution in [-0.4, -0.2) is 28.3 Å². The Morgan fingerprint density at radius 1 is 1.58 bits per heavy atom. The van der Waals surface area contributed by atoms with Crippen LogP contribution in [-0.2, 0) is 0 Å². The molecule has 0 radical (unpaired) electrons. The maximum absolute atomic E-state index is 9.20. The van der Waals surface area contributed by atoms with Gasteiger partial charge in [-0.1, -0.05) is 6.08 Å². The van der Waals surface area contributed by atoms with Crippen molar-refractivity contribution in [3.05, 3.63) is 24.4 Å². The Morgan fingerprint density at radius 2 is 2.50 bits per heavy atom. The molecule has 12 heavy (non-hydrogen) atoms. The first kappa shape index (κ1) is 7.52. The lowest BCUT2D eigenvalue weighted by atomic mass is 10.1. The van der Waals surface area contributed by atoms with Crippen molar-refractivity contribution in [2.75, 3.05) is 13.1 Å². The van der Waals surface area contributed by atoms with E-state index in [1.807, 2.05) is 6.08 Å². The van der Waals surface area contributed by atoms with E-state index >= 15 is 0 Å². The number of nitrogens with zero attached hydrogens (tertiary/aromatic N) is 2. The van der Waals surface area contributed by atoms with Gasteiger partial charge in [-0.15, -0.1) is 0 Å². The Hall–Kier alpha value is -1.13. The summed E-state index contributed by atoms with van der Waals surface area (Å²) in [7, 11) is 0. The van der Waals surface area contributed by atoms with Gasteiger partial charge in [-0.25, -0.2) is 4.98 Å². The highest BCUT2D eigenvalue weighted by Crippen LogP contribution is 2.17. The first-order valence-electron chi connectivity index (χ1n) is 3.89. The lowest BCUT2D eigenvalue weighted by Gasteiger charge is -2.18. The van der Waals surface area contributed by atoms with E-state index in [2.05, 4.69) is 4.98 Å². The van der Waals surface area contributed by atoms with Crippen LogP contribution in [0.1, 0.15) is 12.3 Å². The van der Waals surface area contributed by atoms with Crippen molar-refractivity contribution in [2.45, 2.75) is 6.42 Å². The maximum atomic E-state index is 9.20. The molecule has 1 N–H and O–H groups in total. The van der Waals surface area contributed by atoms with Gasteiger partial charge in [0.25, 0.3) is 0 Å². The molecule has 0 spiro atoms. The molecular weight excluding hydrogens is 156 g/mol. The Labute approximate surface area is 70.1 Å². The van der Waals surface area contributed by atoms with E-state index in [0.717, 1.165) is 12.0 Å². The molecule has 0 fully saturated rings. The summed E-state index contributed by atoms with van der Waals surface area (Å²) in [5.74, 6) is 0.605. The molecule has 0 amide bonds. The largest absolute Gasteiger partial charge is 0.445 e. The highest BCUT2D eigenvalue weighted by Gasteiger charge is 2.14. The third-order valence-electron chi connectivity index (χ3n) is 1.84. The fourth-order valence-corrected chi connectivity index (χ4v) is 1.27. The number of aromatic nitrogens is 1. The fourth-order valence-electron chi connectivity index (χ4n) is 1.27. The summed E-state index contributed by atoms with van der Waals surface area (Å²) in [5.41, 5.74) is 0.953. The number of rotatable bonds is 1. The lowest BCUT2D eigenvalue weighted by molar-refractivity contribution is -0.0794. The molecule has 0 bridgehead atoms. The van der Waals surface area contributed by atoms with Crippen LogP contribution in [0.3, 0.4) is 0 Å². The third-order valence-corrected chi connectivity index (χ3v) is 1.84. The maximum Gasteiger partial charge on any atom is 0.222 e. The summed E-state index contributed by atoms with van der Waals surface area (Å²) < 4.78 is 5.10. The van der Waals surface area contributed by atoms with Crippen LogP contribution < -0.4 is 0 Å². The molecule has 0 unspecified atom stereocenters. The van der Waals surface area contributed by atoms with E-state index in [1.165, 1.54) is 11.3 Å². The Kier molecular flexibility index (Phi) is 1.93. The smallest absolute Gasteiger partial charge is 0.222 e. The molecule has 1 aromatic heterocycles. The highest BCUT2D eigenvalue weighted by molar-refractivity contribution is 5.60. The fraction of sp³-hybridized carbons (Fsp3) is 0.375. The second-order valence-electron chi connectivity index (χ2n) is 2.74. The van der Waals surface area contributed by atoms with E-state index in [4.69, 9.17) is 4.42 Å². The Bertz CT molecular complexity index is 279. The second kappa shape index (κ2) is 3.08. The van der Waals surface area contributed by atoms with Gasteiger partial charge < -0.3 is 9.62 Å². The zero-order valence-corrected chi connectivity index (χ0v) is 6.60. The molecular formula is C8H10N2O2. The quantitative estimate of drug-likeness (QED) is 0.680. The molecule has 1 aromatic rings. The predicted octanol–water partition coefficient (Wildman–Crippen LogP) is 1.15. The van der Waals surface area contributed by atoms with Crippen molar-refractivity contribution >= 4 is 5.57 Å². The zero-order valence-electron chi connectivity index (χ0n) is 6.60. The van der Waals surface area contributed by atoms with Crippen molar-refractivity contribution in [2.24, 2.45) is 0 Å². The van der Waals surface area contributed by atoms with Gasteiger partial charge in [-0.2, -0.15) is 5.06 Å². The summed E-state index contributed by atoms with van der Waals surface area (Å²) in [5, 5.41) is 10.5. The standard InChI is InChI=1S/C8H10N2O2/c11-10-4-1-2-7(6-10)8-9-3-5-12-8/h2-3,5,11H,1,4,6H2. The van der Waals surface area contributed by atoms with Crippen molar-refractivity contribution in [3.8, 4) is 0 Å². The second-order valence-corrected chi connectivity index (χ2v) is 2.74. The molecule has 2 heterocycles. The van der Waals surface area contributed by atoms with Gasteiger partial charge >= 0.3 is 0 Å². The summed E-state index contributed by atoms with van der Waals surface area (Å²) in [6.45, 7) is 1.19. The average molecular weight is 166 g/mol. The number of hydroxylamine groups is 2. The van der Waals surface area contributed by atoms with Crippen molar-refractivity contribution < 1.29 is 9.62 Å². The van der Waals surface area contributed by atoms with Gasteiger partial charge in [0, 0.05) is 12.1 Å². The number of hydrogen-bond donors (Lipinski definition) is 1. The minimum Gasteiger partial charge on any atom is -0.445 e. The predicted molar refractivity (Wildman–Crippen MR) is 42.5 cm³/mol. The molecule has 0 saturated carbocycles. The van der Waals surface area contributed by atoms with E-state index < -0.39 is 0 Å². The Morgan fingerprint density at radius 3 is 3.17 bits per heavy atom. The SMILES string of the molecule is ON1CCC=C(c2ncco2)C1. The van der Waals surface area contributed by atoms with Crippen LogP contribution in [0.2, 0.25) is 0 Å². The van der Waals surface area contributed by atoms with E-state index in [1.54, 1.807) is 6.20 Å². The first-order chi connectivity index (χ1) is 5.86. The van der Waals surface area contributed by atoms with Crippen LogP contribution in [0.15, 0.2) is 23.0 Å². The third kappa shape index (κ3) is 1.39. The van der Waals surface area contributed by atoms with Crippen LogP contribution >= 0.6 is 0 Å². The van der Waals surface area contributed by atoms with Gasteiger partial charge in [-0.3, -0.25) is 0 Å². The van der Waals surface area contributed by atoms with E-state index in [-0.39, 0.29) is 0 Å². The van der Waals surface area contributed by atoms with E-state index in [9.17, 15) is 5.21 Å². The molecule has 4 heteroatoms. The first-order valence-corrected chi connectivity index (χ1v) is 3.89. The van der Waals surface area contributed by atoms with Gasteiger partial charge in [0.2, 0.25) is 5.89 Å². The molecule has 64 valence electrons. The molecule has 0 aromatic carbocycles. The van der Waals surface area contributed by atoms with Crippen LogP contribution in [0.5, 0.6) is 0 Å². The minimum atomic E-state index is 0.501. The van der Waals surface area contributed by atoms with Gasteiger partial charge in [0.05, 0.1) is 12.7 Å². The monoisotopic (exact) mass is 166 g/mol. The van der Waals surface area contributed by atoms with Gasteiger partial charge in [-0.05, 0) is 6.42 Å². The Balaban J connectivity index is 2.19. The lowest BCUT2D eigenvalue weighted by Crippen LogP contribution is -2.25. The summed E-state index contributed by atoms with van der Waals surface area (Å²) in [6, 6.07) is 0. The molecule has 4 nitrogen and oxygen atoms in total. The molecule has 0 saturated heterocycles. The summed E-state index contributed by atoms with van der Waals surface area (Å²) in [4.78, 5) is 4.00. The topological polar surface area (TPSA) is 49.5 Å². The van der Waals surface area contributed by atoms with Gasteiger partial charge in [0.1, 0.15) is 6.26 Å². The van der Waals surface area contributed by atoms with Crippen molar-refractivity contribution in [3.63, 3.8) is 0 Å². The van der Waals surface area contributed by atoms with Crippen LogP contribution in [0.25, 0.3) is 5.57 Å². The van der Waals surface area contributed by atoms with Crippen molar-refractivity contribution in [1.82, 2.24) is 10.0 Å². The highest BCUT2D eigenvalue weighted by atomic mass is 16.5. The van der Waals surface area contributed by atoms with Gasteiger partial charge in [0.15, 0.2) is 0 Å². The molecule has 2 rings (SSSR count). The molecule has 0 atom stereocenters. The number of hydrogen-bond acceptors (Lipinski definition) is 4. The molecule has 1 aliphatic heterocycles. The van der Waals surface area contributed by atoms with Crippen LogP contribution in [0.4, 0.5) is 0 Å². The van der Waals surface area contributed by atoms with E-state index in [0.29, 0.717) is 19.0 Å². The normalized spacial score (nSPS) is 19.2. The zero-order chi connectivity index (χ0) is 8.39. The summed E-state index contributed by atoms with van der Waals surface area (Å²) in [6.07, 6.45) is 6.02. The molecule has 0 aliphatic carbocycles. The minimum absolute atomic E-state index is 0.501.